The predicted molar refractivity (Wildman–Crippen MR) is 60.6 cm³/mol. The monoisotopic (exact) mass is 255 g/mol. The fraction of sp³-hybridized carbons (Fsp3) is 0.333. The molecule has 0 fully saturated rings. The third-order valence-corrected chi connectivity index (χ3v) is 3.63. The van der Waals surface area contributed by atoms with Gasteiger partial charge in [0.25, 0.3) is 10.0 Å². The standard InChI is InChI=1S/C9H13N5O2S/c1-7-8(3-11-13-7)4-12-17(15,16)9-5-14(2)6-10-9/h3,5-6,12H,4H2,1-2H3,(H,11,13). The molecule has 0 saturated carbocycles. The summed E-state index contributed by atoms with van der Waals surface area (Å²) in [6.07, 6.45) is 4.48. The van der Waals surface area contributed by atoms with Gasteiger partial charge in [-0.05, 0) is 6.92 Å². The molecule has 0 aliphatic rings. The van der Waals surface area contributed by atoms with Gasteiger partial charge in [0.1, 0.15) is 0 Å². The van der Waals surface area contributed by atoms with E-state index in [1.54, 1.807) is 17.8 Å². The van der Waals surface area contributed by atoms with E-state index in [4.69, 9.17) is 0 Å². The van der Waals surface area contributed by atoms with Crippen molar-refractivity contribution in [3.8, 4) is 0 Å². The second-order valence-electron chi connectivity index (χ2n) is 3.72. The molecule has 2 aromatic rings. The van der Waals surface area contributed by atoms with Crippen LogP contribution in [-0.2, 0) is 23.6 Å². The molecule has 0 aromatic carbocycles. The molecule has 0 saturated heterocycles. The van der Waals surface area contributed by atoms with E-state index in [0.29, 0.717) is 0 Å². The number of hydrogen-bond donors (Lipinski definition) is 2. The summed E-state index contributed by atoms with van der Waals surface area (Å²) in [6, 6.07) is 0. The maximum absolute atomic E-state index is 11.8. The van der Waals surface area contributed by atoms with Crippen LogP contribution in [0.1, 0.15) is 11.3 Å². The van der Waals surface area contributed by atoms with Crippen LogP contribution in [0.3, 0.4) is 0 Å². The minimum Gasteiger partial charge on any atom is -0.339 e. The normalized spacial score (nSPS) is 11.9. The molecular weight excluding hydrogens is 242 g/mol. The number of nitrogens with one attached hydrogen (secondary N) is 2. The SMILES string of the molecule is Cc1[nH]ncc1CNS(=O)(=O)c1cn(C)cn1. The Morgan fingerprint density at radius 1 is 1.53 bits per heavy atom. The van der Waals surface area contributed by atoms with Crippen LogP contribution in [0.2, 0.25) is 0 Å². The summed E-state index contributed by atoms with van der Waals surface area (Å²) < 4.78 is 27.7. The summed E-state index contributed by atoms with van der Waals surface area (Å²) in [4.78, 5) is 3.80. The van der Waals surface area contributed by atoms with Crippen molar-refractivity contribution in [2.45, 2.75) is 18.5 Å². The molecule has 7 nitrogen and oxygen atoms in total. The Hall–Kier alpha value is -1.67. The second kappa shape index (κ2) is 4.30. The fourth-order valence-electron chi connectivity index (χ4n) is 1.33. The summed E-state index contributed by atoms with van der Waals surface area (Å²) in [6.45, 7) is 2.03. The molecule has 0 spiro atoms. The zero-order valence-electron chi connectivity index (χ0n) is 9.51. The Labute approximate surface area is 98.9 Å². The fourth-order valence-corrected chi connectivity index (χ4v) is 2.31. The van der Waals surface area contributed by atoms with Gasteiger partial charge >= 0.3 is 0 Å². The molecule has 0 bridgehead atoms. The summed E-state index contributed by atoms with van der Waals surface area (Å²) in [5.74, 6) is 0. The van der Waals surface area contributed by atoms with E-state index in [2.05, 4.69) is 19.9 Å². The van der Waals surface area contributed by atoms with E-state index in [1.807, 2.05) is 6.92 Å². The molecule has 2 N–H and O–H groups in total. The quantitative estimate of drug-likeness (QED) is 0.799. The zero-order valence-corrected chi connectivity index (χ0v) is 10.3. The number of imidazole rings is 1. The van der Waals surface area contributed by atoms with Crippen molar-refractivity contribution >= 4 is 10.0 Å². The van der Waals surface area contributed by atoms with Gasteiger partial charge in [0.05, 0.1) is 12.5 Å². The van der Waals surface area contributed by atoms with Gasteiger partial charge in [-0.2, -0.15) is 5.10 Å². The molecule has 92 valence electrons. The van der Waals surface area contributed by atoms with E-state index in [9.17, 15) is 8.42 Å². The van der Waals surface area contributed by atoms with Gasteiger partial charge < -0.3 is 4.57 Å². The molecular formula is C9H13N5O2S. The van der Waals surface area contributed by atoms with Gasteiger partial charge in [-0.1, -0.05) is 0 Å². The summed E-state index contributed by atoms with van der Waals surface area (Å²) in [5, 5.41) is 6.58. The van der Waals surface area contributed by atoms with Gasteiger partial charge in [0, 0.05) is 31.0 Å². The summed E-state index contributed by atoms with van der Waals surface area (Å²) in [7, 11) is -1.84. The molecule has 8 heteroatoms. The van der Waals surface area contributed by atoms with Gasteiger partial charge in [0.15, 0.2) is 5.03 Å². The van der Waals surface area contributed by atoms with Gasteiger partial charge in [-0.3, -0.25) is 5.10 Å². The Morgan fingerprint density at radius 2 is 2.29 bits per heavy atom. The summed E-state index contributed by atoms with van der Waals surface area (Å²) >= 11 is 0. The zero-order chi connectivity index (χ0) is 12.5. The molecule has 0 radical (unpaired) electrons. The highest BCUT2D eigenvalue weighted by atomic mass is 32.2. The molecule has 0 amide bonds. The van der Waals surface area contributed by atoms with E-state index in [-0.39, 0.29) is 11.6 Å². The van der Waals surface area contributed by atoms with Crippen molar-refractivity contribution in [3.63, 3.8) is 0 Å². The number of aromatic amines is 1. The molecule has 0 aliphatic heterocycles. The van der Waals surface area contributed by atoms with Crippen LogP contribution < -0.4 is 4.72 Å². The highest BCUT2D eigenvalue weighted by Crippen LogP contribution is 2.07. The molecule has 2 heterocycles. The third kappa shape index (κ3) is 2.53. The van der Waals surface area contributed by atoms with E-state index >= 15 is 0 Å². The van der Waals surface area contributed by atoms with Crippen molar-refractivity contribution in [1.29, 1.82) is 0 Å². The van der Waals surface area contributed by atoms with Crippen molar-refractivity contribution in [2.75, 3.05) is 0 Å². The maximum Gasteiger partial charge on any atom is 0.259 e. The Morgan fingerprint density at radius 3 is 2.82 bits per heavy atom. The molecule has 0 unspecified atom stereocenters. The highest BCUT2D eigenvalue weighted by molar-refractivity contribution is 7.89. The minimum atomic E-state index is -3.56. The first-order chi connectivity index (χ1) is 7.99. The van der Waals surface area contributed by atoms with E-state index < -0.39 is 10.0 Å². The Balaban J connectivity index is 2.11. The van der Waals surface area contributed by atoms with Crippen molar-refractivity contribution < 1.29 is 8.42 Å². The molecule has 2 rings (SSSR count). The number of rotatable bonds is 4. The smallest absolute Gasteiger partial charge is 0.259 e. The number of hydrogen-bond acceptors (Lipinski definition) is 4. The van der Waals surface area contributed by atoms with Crippen LogP contribution in [0.4, 0.5) is 0 Å². The third-order valence-electron chi connectivity index (χ3n) is 2.34. The van der Waals surface area contributed by atoms with Crippen LogP contribution in [0, 0.1) is 6.92 Å². The first-order valence-electron chi connectivity index (χ1n) is 4.95. The lowest BCUT2D eigenvalue weighted by Gasteiger charge is -2.02. The molecule has 17 heavy (non-hydrogen) atoms. The number of nitrogens with zero attached hydrogens (tertiary/aromatic N) is 3. The topological polar surface area (TPSA) is 92.7 Å². The van der Waals surface area contributed by atoms with Crippen LogP contribution in [0.5, 0.6) is 0 Å². The minimum absolute atomic E-state index is 0.0150. The summed E-state index contributed by atoms with van der Waals surface area (Å²) in [5.41, 5.74) is 1.65. The maximum atomic E-state index is 11.8. The lowest BCUT2D eigenvalue weighted by Crippen LogP contribution is -2.23. The van der Waals surface area contributed by atoms with Crippen LogP contribution in [0.15, 0.2) is 23.7 Å². The lowest BCUT2D eigenvalue weighted by atomic mass is 10.3. The van der Waals surface area contributed by atoms with Crippen LogP contribution in [0.25, 0.3) is 0 Å². The molecule has 0 aliphatic carbocycles. The van der Waals surface area contributed by atoms with Gasteiger partial charge in [0.2, 0.25) is 0 Å². The first-order valence-corrected chi connectivity index (χ1v) is 6.44. The Kier molecular flexibility index (Phi) is 2.99. The average Bonchev–Trinajstić information content (AvgIpc) is 2.85. The van der Waals surface area contributed by atoms with Crippen LogP contribution in [-0.4, -0.2) is 28.2 Å². The van der Waals surface area contributed by atoms with Crippen molar-refractivity contribution in [3.05, 3.63) is 30.0 Å². The van der Waals surface area contributed by atoms with Crippen molar-refractivity contribution in [2.24, 2.45) is 7.05 Å². The number of aromatic nitrogens is 4. The second-order valence-corrected chi connectivity index (χ2v) is 5.44. The highest BCUT2D eigenvalue weighted by Gasteiger charge is 2.17. The van der Waals surface area contributed by atoms with Crippen molar-refractivity contribution in [1.82, 2.24) is 24.5 Å². The number of aryl methyl sites for hydroxylation is 2. The van der Waals surface area contributed by atoms with Crippen LogP contribution >= 0.6 is 0 Å². The van der Waals surface area contributed by atoms with E-state index in [0.717, 1.165) is 11.3 Å². The Bertz CT molecular complexity index is 613. The number of H-pyrrole nitrogens is 1. The molecule has 2 aromatic heterocycles. The number of sulfonamides is 1. The molecule has 0 atom stereocenters. The predicted octanol–water partition coefficient (Wildman–Crippen LogP) is -0.0699. The largest absolute Gasteiger partial charge is 0.339 e. The first kappa shape index (κ1) is 11.8. The average molecular weight is 255 g/mol. The lowest BCUT2D eigenvalue weighted by molar-refractivity contribution is 0.578. The van der Waals surface area contributed by atoms with Gasteiger partial charge in [-0.15, -0.1) is 0 Å². The van der Waals surface area contributed by atoms with Gasteiger partial charge in [-0.25, -0.2) is 18.1 Å². The van der Waals surface area contributed by atoms with E-state index in [1.165, 1.54) is 12.5 Å².